The van der Waals surface area contributed by atoms with Crippen molar-refractivity contribution < 1.29 is 14.6 Å². The summed E-state index contributed by atoms with van der Waals surface area (Å²) in [6, 6.07) is 0. The van der Waals surface area contributed by atoms with E-state index in [0.29, 0.717) is 19.1 Å². The number of hydrogen-bond donors (Lipinski definition) is 1. The van der Waals surface area contributed by atoms with Crippen molar-refractivity contribution in [3.8, 4) is 0 Å². The van der Waals surface area contributed by atoms with Crippen LogP contribution in [0.15, 0.2) is 17.3 Å². The third-order valence-electron chi connectivity index (χ3n) is 2.80. The molecule has 0 radical (unpaired) electrons. The van der Waals surface area contributed by atoms with Gasteiger partial charge in [-0.2, -0.15) is 4.98 Å². The number of carboxylic acid groups (broad SMARTS) is 1. The molecule has 2 heterocycles. The minimum absolute atomic E-state index is 0.288. The molecule has 6 nitrogen and oxygen atoms in total. The second kappa shape index (κ2) is 5.09. The molecule has 0 aromatic carbocycles. The summed E-state index contributed by atoms with van der Waals surface area (Å²) in [4.78, 5) is 25.5. The van der Waals surface area contributed by atoms with E-state index >= 15 is 0 Å². The largest absolute Gasteiger partial charge is 0.477 e. The SMILES string of the molecule is O=C(O)c1cn(CC2CCCOC2)cnc1=O. The molecule has 0 bridgehead atoms. The number of ether oxygens (including phenoxy) is 1. The lowest BCUT2D eigenvalue weighted by atomic mass is 10.0. The predicted molar refractivity (Wildman–Crippen MR) is 59.0 cm³/mol. The monoisotopic (exact) mass is 238 g/mol. The van der Waals surface area contributed by atoms with Crippen LogP contribution in [0.25, 0.3) is 0 Å². The topological polar surface area (TPSA) is 81.4 Å². The lowest BCUT2D eigenvalue weighted by molar-refractivity contribution is 0.0481. The third kappa shape index (κ3) is 2.91. The van der Waals surface area contributed by atoms with Gasteiger partial charge in [0.1, 0.15) is 5.56 Å². The number of carboxylic acids is 1. The molecule has 2 rings (SSSR count). The fourth-order valence-corrected chi connectivity index (χ4v) is 1.95. The Bertz CT molecular complexity index is 463. The van der Waals surface area contributed by atoms with E-state index in [-0.39, 0.29) is 5.56 Å². The smallest absolute Gasteiger partial charge is 0.342 e. The predicted octanol–water partition coefficient (Wildman–Crippen LogP) is 0.368. The Hall–Kier alpha value is -1.69. The van der Waals surface area contributed by atoms with Gasteiger partial charge in [-0.3, -0.25) is 4.79 Å². The van der Waals surface area contributed by atoms with Crippen LogP contribution in [0.5, 0.6) is 0 Å². The molecule has 1 aliphatic rings. The fourth-order valence-electron chi connectivity index (χ4n) is 1.95. The lowest BCUT2D eigenvalue weighted by Gasteiger charge is -2.22. The molecule has 1 aromatic heterocycles. The first-order valence-electron chi connectivity index (χ1n) is 5.54. The lowest BCUT2D eigenvalue weighted by Crippen LogP contribution is -2.25. The summed E-state index contributed by atoms with van der Waals surface area (Å²) < 4.78 is 6.99. The minimum Gasteiger partial charge on any atom is -0.477 e. The van der Waals surface area contributed by atoms with E-state index in [4.69, 9.17) is 9.84 Å². The highest BCUT2D eigenvalue weighted by Crippen LogP contribution is 2.15. The maximum Gasteiger partial charge on any atom is 0.342 e. The van der Waals surface area contributed by atoms with Crippen molar-refractivity contribution in [3.05, 3.63) is 28.4 Å². The van der Waals surface area contributed by atoms with Gasteiger partial charge < -0.3 is 14.4 Å². The molecule has 17 heavy (non-hydrogen) atoms. The molecular weight excluding hydrogens is 224 g/mol. The Morgan fingerprint density at radius 1 is 1.65 bits per heavy atom. The summed E-state index contributed by atoms with van der Waals surface area (Å²) in [5.74, 6) is -0.883. The quantitative estimate of drug-likeness (QED) is 0.822. The van der Waals surface area contributed by atoms with Crippen LogP contribution in [-0.4, -0.2) is 33.8 Å². The fraction of sp³-hybridized carbons (Fsp3) is 0.545. The molecule has 0 spiro atoms. The molecule has 1 N–H and O–H groups in total. The Labute approximate surface area is 97.9 Å². The average Bonchev–Trinajstić information content (AvgIpc) is 2.32. The second-order valence-electron chi connectivity index (χ2n) is 4.18. The third-order valence-corrected chi connectivity index (χ3v) is 2.80. The van der Waals surface area contributed by atoms with Crippen LogP contribution in [0.3, 0.4) is 0 Å². The van der Waals surface area contributed by atoms with Crippen LogP contribution in [0.1, 0.15) is 23.2 Å². The molecule has 92 valence electrons. The summed E-state index contributed by atoms with van der Waals surface area (Å²) in [7, 11) is 0. The Morgan fingerprint density at radius 3 is 3.12 bits per heavy atom. The first-order chi connectivity index (χ1) is 8.16. The first kappa shape index (κ1) is 11.8. The van der Waals surface area contributed by atoms with E-state index in [9.17, 15) is 9.59 Å². The molecule has 1 unspecified atom stereocenters. The van der Waals surface area contributed by atoms with Crippen molar-refractivity contribution in [2.24, 2.45) is 5.92 Å². The number of nitrogens with zero attached hydrogens (tertiary/aromatic N) is 2. The molecule has 0 aliphatic carbocycles. The summed E-state index contributed by atoms with van der Waals surface area (Å²) >= 11 is 0. The highest BCUT2D eigenvalue weighted by atomic mass is 16.5. The van der Waals surface area contributed by atoms with Crippen LogP contribution < -0.4 is 5.56 Å². The van der Waals surface area contributed by atoms with Crippen molar-refractivity contribution in [1.82, 2.24) is 9.55 Å². The highest BCUT2D eigenvalue weighted by Gasteiger charge is 2.15. The Kier molecular flexibility index (Phi) is 3.53. The van der Waals surface area contributed by atoms with Gasteiger partial charge in [0.15, 0.2) is 0 Å². The van der Waals surface area contributed by atoms with Gasteiger partial charge in [-0.25, -0.2) is 4.79 Å². The summed E-state index contributed by atoms with van der Waals surface area (Å²) in [5, 5.41) is 8.82. The van der Waals surface area contributed by atoms with E-state index in [2.05, 4.69) is 4.98 Å². The van der Waals surface area contributed by atoms with Gasteiger partial charge in [-0.15, -0.1) is 0 Å². The standard InChI is InChI=1S/C11H14N2O4/c14-10-9(11(15)16)5-13(7-12-10)4-8-2-1-3-17-6-8/h5,7-8H,1-4,6H2,(H,15,16). The van der Waals surface area contributed by atoms with Gasteiger partial charge in [0.05, 0.1) is 12.9 Å². The number of aromatic carboxylic acids is 1. The average molecular weight is 238 g/mol. The van der Waals surface area contributed by atoms with Crippen LogP contribution in [-0.2, 0) is 11.3 Å². The van der Waals surface area contributed by atoms with E-state index < -0.39 is 11.5 Å². The molecule has 0 amide bonds. The van der Waals surface area contributed by atoms with Gasteiger partial charge in [0.25, 0.3) is 5.56 Å². The number of rotatable bonds is 3. The number of hydrogen-bond acceptors (Lipinski definition) is 4. The van der Waals surface area contributed by atoms with E-state index in [0.717, 1.165) is 19.4 Å². The van der Waals surface area contributed by atoms with Gasteiger partial charge in [-0.1, -0.05) is 0 Å². The molecular formula is C11H14N2O4. The van der Waals surface area contributed by atoms with E-state index in [1.807, 2.05) is 0 Å². The molecule has 1 aromatic rings. The second-order valence-corrected chi connectivity index (χ2v) is 4.18. The van der Waals surface area contributed by atoms with Gasteiger partial charge >= 0.3 is 5.97 Å². The summed E-state index contributed by atoms with van der Waals surface area (Å²) in [6.07, 6.45) is 4.79. The maximum absolute atomic E-state index is 11.2. The number of carbonyl (C=O) groups is 1. The molecule has 1 aliphatic heterocycles. The molecule has 0 saturated carbocycles. The van der Waals surface area contributed by atoms with Crippen molar-refractivity contribution in [1.29, 1.82) is 0 Å². The summed E-state index contributed by atoms with van der Waals surface area (Å²) in [6.45, 7) is 2.10. The molecule has 1 fully saturated rings. The van der Waals surface area contributed by atoms with Crippen molar-refractivity contribution in [3.63, 3.8) is 0 Å². The molecule has 1 atom stereocenters. The highest BCUT2D eigenvalue weighted by molar-refractivity contribution is 5.86. The Morgan fingerprint density at radius 2 is 2.47 bits per heavy atom. The first-order valence-corrected chi connectivity index (χ1v) is 5.54. The van der Waals surface area contributed by atoms with Crippen molar-refractivity contribution in [2.75, 3.05) is 13.2 Å². The molecule has 1 saturated heterocycles. The van der Waals surface area contributed by atoms with Gasteiger partial charge in [0.2, 0.25) is 0 Å². The van der Waals surface area contributed by atoms with E-state index in [1.165, 1.54) is 12.5 Å². The summed E-state index contributed by atoms with van der Waals surface area (Å²) in [5.41, 5.74) is -0.988. The molecule has 6 heteroatoms. The van der Waals surface area contributed by atoms with Crippen molar-refractivity contribution in [2.45, 2.75) is 19.4 Å². The Balaban J connectivity index is 2.13. The van der Waals surface area contributed by atoms with Gasteiger partial charge in [-0.05, 0) is 12.8 Å². The van der Waals surface area contributed by atoms with Crippen LogP contribution in [0, 0.1) is 5.92 Å². The minimum atomic E-state index is -1.24. The van der Waals surface area contributed by atoms with Crippen LogP contribution in [0.4, 0.5) is 0 Å². The van der Waals surface area contributed by atoms with E-state index in [1.54, 1.807) is 4.57 Å². The zero-order valence-corrected chi connectivity index (χ0v) is 9.33. The normalized spacial score (nSPS) is 20.1. The van der Waals surface area contributed by atoms with Gasteiger partial charge in [0, 0.05) is 25.3 Å². The zero-order valence-electron chi connectivity index (χ0n) is 9.33. The zero-order chi connectivity index (χ0) is 12.3. The maximum atomic E-state index is 11.2. The number of aromatic nitrogens is 2. The van der Waals surface area contributed by atoms with Crippen LogP contribution >= 0.6 is 0 Å². The van der Waals surface area contributed by atoms with Crippen LogP contribution in [0.2, 0.25) is 0 Å². The van der Waals surface area contributed by atoms with Crippen molar-refractivity contribution >= 4 is 5.97 Å².